The van der Waals surface area contributed by atoms with E-state index in [1.807, 2.05) is 13.0 Å². The second-order valence-corrected chi connectivity index (χ2v) is 11.7. The fourth-order valence-electron chi connectivity index (χ4n) is 4.04. The van der Waals surface area contributed by atoms with Gasteiger partial charge in [0, 0.05) is 42.2 Å². The van der Waals surface area contributed by atoms with Crippen LogP contribution in [0.1, 0.15) is 108 Å². The SMILES string of the molecule is CCCCCc1cc(C)c(O)c(C=NCCCN=Cc2cc(C(C)(C)C)cc(C(C)(C)C)c2O)c1. The van der Waals surface area contributed by atoms with Crippen LogP contribution in [-0.2, 0) is 17.3 Å². The standard InChI is InChI=1S/C31H46N2O2/c1-9-10-11-13-23-16-22(2)28(34)24(17-23)20-32-14-12-15-33-21-25-18-26(30(3,4)5)19-27(29(25)35)31(6,7)8/h16-21,34-35H,9-15H2,1-8H3. The van der Waals surface area contributed by atoms with E-state index in [0.717, 1.165) is 35.1 Å². The summed E-state index contributed by atoms with van der Waals surface area (Å²) < 4.78 is 0. The average molecular weight is 479 g/mol. The molecule has 2 aromatic rings. The fourth-order valence-corrected chi connectivity index (χ4v) is 4.04. The number of aryl methyl sites for hydroxylation is 2. The summed E-state index contributed by atoms with van der Waals surface area (Å²) in [6.45, 7) is 18.3. The maximum atomic E-state index is 10.9. The van der Waals surface area contributed by atoms with Gasteiger partial charge in [0.1, 0.15) is 11.5 Å². The number of phenolic OH excluding ortho intramolecular Hbond substituents is 2. The minimum Gasteiger partial charge on any atom is -0.507 e. The number of rotatable bonds is 10. The van der Waals surface area contributed by atoms with Crippen molar-refractivity contribution >= 4 is 12.4 Å². The van der Waals surface area contributed by atoms with E-state index in [4.69, 9.17) is 0 Å². The number of aliphatic imine (C=N–C) groups is 2. The zero-order valence-corrected chi connectivity index (χ0v) is 23.2. The van der Waals surface area contributed by atoms with E-state index in [-0.39, 0.29) is 10.8 Å². The van der Waals surface area contributed by atoms with Crippen LogP contribution >= 0.6 is 0 Å². The third-order valence-corrected chi connectivity index (χ3v) is 6.31. The van der Waals surface area contributed by atoms with Gasteiger partial charge in [0.25, 0.3) is 0 Å². The summed E-state index contributed by atoms with van der Waals surface area (Å²) in [5.74, 6) is 0.631. The average Bonchev–Trinajstić information content (AvgIpc) is 2.75. The van der Waals surface area contributed by atoms with Gasteiger partial charge in [0.2, 0.25) is 0 Å². The van der Waals surface area contributed by atoms with E-state index < -0.39 is 0 Å². The van der Waals surface area contributed by atoms with Crippen molar-refractivity contribution in [3.63, 3.8) is 0 Å². The molecule has 4 heteroatoms. The van der Waals surface area contributed by atoms with Gasteiger partial charge in [-0.3, -0.25) is 9.98 Å². The van der Waals surface area contributed by atoms with E-state index in [0.29, 0.717) is 24.6 Å². The minimum atomic E-state index is -0.153. The summed E-state index contributed by atoms with van der Waals surface area (Å²) in [6, 6.07) is 8.30. The normalized spacial score (nSPS) is 12.8. The Morgan fingerprint density at radius 3 is 1.89 bits per heavy atom. The van der Waals surface area contributed by atoms with Gasteiger partial charge >= 0.3 is 0 Å². The summed E-state index contributed by atoms with van der Waals surface area (Å²) in [6.07, 6.45) is 9.00. The molecule has 0 bridgehead atoms. The molecule has 0 amide bonds. The van der Waals surface area contributed by atoms with Crippen LogP contribution in [-0.4, -0.2) is 35.7 Å². The Balaban J connectivity index is 2.03. The van der Waals surface area contributed by atoms with Crippen molar-refractivity contribution in [3.05, 3.63) is 57.6 Å². The van der Waals surface area contributed by atoms with E-state index in [9.17, 15) is 10.2 Å². The summed E-state index contributed by atoms with van der Waals surface area (Å²) in [7, 11) is 0. The highest BCUT2D eigenvalue weighted by Crippen LogP contribution is 2.37. The minimum absolute atomic E-state index is 0.0117. The highest BCUT2D eigenvalue weighted by Gasteiger charge is 2.24. The van der Waals surface area contributed by atoms with Crippen molar-refractivity contribution in [3.8, 4) is 11.5 Å². The van der Waals surface area contributed by atoms with Crippen LogP contribution in [0.15, 0.2) is 34.3 Å². The molecule has 4 nitrogen and oxygen atoms in total. The number of hydrogen-bond acceptors (Lipinski definition) is 4. The Bertz CT molecular complexity index is 1040. The molecule has 0 saturated carbocycles. The summed E-state index contributed by atoms with van der Waals surface area (Å²) >= 11 is 0. The Labute approximate surface area is 213 Å². The number of phenols is 2. The van der Waals surface area contributed by atoms with Crippen molar-refractivity contribution in [1.29, 1.82) is 0 Å². The quantitative estimate of drug-likeness (QED) is 0.272. The summed E-state index contributed by atoms with van der Waals surface area (Å²) in [4.78, 5) is 9.10. The van der Waals surface area contributed by atoms with Gasteiger partial charge in [-0.15, -0.1) is 0 Å². The molecular weight excluding hydrogens is 432 g/mol. The number of unbranched alkanes of at least 4 members (excludes halogenated alkanes) is 2. The maximum Gasteiger partial charge on any atom is 0.128 e. The van der Waals surface area contributed by atoms with Crippen molar-refractivity contribution in [1.82, 2.24) is 0 Å². The molecule has 2 N–H and O–H groups in total. The first-order valence-corrected chi connectivity index (χ1v) is 13.0. The Morgan fingerprint density at radius 2 is 1.34 bits per heavy atom. The van der Waals surface area contributed by atoms with Crippen LogP contribution in [0.5, 0.6) is 11.5 Å². The molecule has 2 aromatic carbocycles. The van der Waals surface area contributed by atoms with Gasteiger partial charge in [-0.25, -0.2) is 0 Å². The van der Waals surface area contributed by atoms with E-state index in [2.05, 4.69) is 76.7 Å². The molecular formula is C31H46N2O2. The molecule has 192 valence electrons. The van der Waals surface area contributed by atoms with E-state index in [1.54, 1.807) is 12.4 Å². The second kappa shape index (κ2) is 12.4. The van der Waals surface area contributed by atoms with E-state index >= 15 is 0 Å². The lowest BCUT2D eigenvalue weighted by molar-refractivity contribution is 0.444. The van der Waals surface area contributed by atoms with Crippen LogP contribution < -0.4 is 0 Å². The van der Waals surface area contributed by atoms with Crippen LogP contribution in [0.3, 0.4) is 0 Å². The monoisotopic (exact) mass is 478 g/mol. The predicted octanol–water partition coefficient (Wildman–Crippen LogP) is 7.66. The lowest BCUT2D eigenvalue weighted by Gasteiger charge is -2.27. The smallest absolute Gasteiger partial charge is 0.128 e. The molecule has 0 aromatic heterocycles. The summed E-state index contributed by atoms with van der Waals surface area (Å²) in [5.41, 5.74) is 5.69. The molecule has 0 aliphatic rings. The highest BCUT2D eigenvalue weighted by molar-refractivity contribution is 5.85. The molecule has 0 saturated heterocycles. The first kappa shape index (κ1) is 28.6. The van der Waals surface area contributed by atoms with Crippen LogP contribution in [0.4, 0.5) is 0 Å². The van der Waals surface area contributed by atoms with Gasteiger partial charge < -0.3 is 10.2 Å². The Morgan fingerprint density at radius 1 is 0.743 bits per heavy atom. The molecule has 0 atom stereocenters. The number of benzene rings is 2. The van der Waals surface area contributed by atoms with Gasteiger partial charge in [-0.2, -0.15) is 0 Å². The molecule has 0 radical (unpaired) electrons. The van der Waals surface area contributed by atoms with Crippen LogP contribution in [0.25, 0.3) is 0 Å². The largest absolute Gasteiger partial charge is 0.507 e. The number of nitrogens with zero attached hydrogens (tertiary/aromatic N) is 2. The topological polar surface area (TPSA) is 65.2 Å². The van der Waals surface area contributed by atoms with Crippen molar-refractivity contribution in [2.24, 2.45) is 9.98 Å². The van der Waals surface area contributed by atoms with Crippen molar-refractivity contribution < 1.29 is 10.2 Å². The zero-order valence-electron chi connectivity index (χ0n) is 23.2. The lowest BCUT2D eigenvalue weighted by Crippen LogP contribution is -2.17. The van der Waals surface area contributed by atoms with Gasteiger partial charge in [-0.1, -0.05) is 73.4 Å². The fraction of sp³-hybridized carbons (Fsp3) is 0.548. The predicted molar refractivity (Wildman–Crippen MR) is 151 cm³/mol. The molecule has 0 aliphatic carbocycles. The Hall–Kier alpha value is -2.62. The number of aromatic hydroxyl groups is 2. The molecule has 2 rings (SSSR count). The first-order chi connectivity index (χ1) is 16.3. The van der Waals surface area contributed by atoms with Gasteiger partial charge in [-0.05, 0) is 65.8 Å². The lowest BCUT2D eigenvalue weighted by atomic mass is 9.79. The highest BCUT2D eigenvalue weighted by atomic mass is 16.3. The third kappa shape index (κ3) is 8.52. The molecule has 0 unspecified atom stereocenters. The number of hydrogen-bond donors (Lipinski definition) is 2. The van der Waals surface area contributed by atoms with E-state index in [1.165, 1.54) is 30.4 Å². The van der Waals surface area contributed by atoms with Crippen LogP contribution in [0, 0.1) is 6.92 Å². The van der Waals surface area contributed by atoms with Gasteiger partial charge in [0.15, 0.2) is 0 Å². The third-order valence-electron chi connectivity index (χ3n) is 6.31. The summed E-state index contributed by atoms with van der Waals surface area (Å²) in [5, 5.41) is 21.3. The zero-order chi connectivity index (χ0) is 26.2. The maximum absolute atomic E-state index is 10.9. The molecule has 0 heterocycles. The molecule has 0 fully saturated rings. The van der Waals surface area contributed by atoms with Gasteiger partial charge in [0.05, 0.1) is 0 Å². The molecule has 35 heavy (non-hydrogen) atoms. The van der Waals surface area contributed by atoms with Crippen molar-refractivity contribution in [2.75, 3.05) is 13.1 Å². The first-order valence-electron chi connectivity index (χ1n) is 13.0. The van der Waals surface area contributed by atoms with Crippen molar-refractivity contribution in [2.45, 2.75) is 98.3 Å². The second-order valence-electron chi connectivity index (χ2n) is 11.7. The molecule has 0 spiro atoms. The Kier molecular flexibility index (Phi) is 10.1. The molecule has 0 aliphatic heterocycles. The van der Waals surface area contributed by atoms with Crippen LogP contribution in [0.2, 0.25) is 0 Å².